The molecule has 5 aromatic rings. The number of imidazole rings is 1. The van der Waals surface area contributed by atoms with E-state index in [1.807, 2.05) is 60.8 Å². The van der Waals surface area contributed by atoms with Crippen LogP contribution in [0.15, 0.2) is 70.8 Å². The van der Waals surface area contributed by atoms with E-state index in [0.717, 1.165) is 14.7 Å². The normalized spacial score (nSPS) is 17.4. The summed E-state index contributed by atoms with van der Waals surface area (Å²) >= 11 is 10.9. The number of aryl methyl sites for hydroxylation is 2. The third kappa shape index (κ3) is 3.77. The summed E-state index contributed by atoms with van der Waals surface area (Å²) in [5.74, 6) is -1.89. The number of aliphatic hydroxyl groups is 1. The number of Topliss-reactive ketones (excluding diaryl/α,β-unsaturated/α-hetero) is 1. The predicted molar refractivity (Wildman–Crippen MR) is 148 cm³/mol. The van der Waals surface area contributed by atoms with E-state index in [1.54, 1.807) is 18.2 Å². The second-order valence-electron chi connectivity index (χ2n) is 8.76. The van der Waals surface area contributed by atoms with Crippen molar-refractivity contribution in [3.05, 3.63) is 98.4 Å². The van der Waals surface area contributed by atoms with Crippen molar-refractivity contribution in [1.82, 2.24) is 14.4 Å². The number of pyridine rings is 1. The van der Waals surface area contributed by atoms with Crippen LogP contribution < -0.4 is 4.90 Å². The largest absolute Gasteiger partial charge is 0.505 e. The highest BCUT2D eigenvalue weighted by Gasteiger charge is 2.48. The number of benzene rings is 2. The SMILES string of the molecule is Cc1cccn2c(C)c(/C(O)=C3\C(=O)C(=O)N(c4nc5ccc(Cl)cc5s4)C3c3cccc(Br)c3)nc12. The van der Waals surface area contributed by atoms with Crippen molar-refractivity contribution < 1.29 is 14.7 Å². The van der Waals surface area contributed by atoms with E-state index in [4.69, 9.17) is 11.6 Å². The maximum Gasteiger partial charge on any atom is 0.301 e. The van der Waals surface area contributed by atoms with Gasteiger partial charge in [0.25, 0.3) is 5.78 Å². The van der Waals surface area contributed by atoms with E-state index in [0.29, 0.717) is 32.6 Å². The van der Waals surface area contributed by atoms with Crippen molar-refractivity contribution in [2.75, 3.05) is 4.90 Å². The Morgan fingerprint density at radius 2 is 1.89 bits per heavy atom. The summed E-state index contributed by atoms with van der Waals surface area (Å²) < 4.78 is 3.40. The molecule has 4 heterocycles. The van der Waals surface area contributed by atoms with Crippen molar-refractivity contribution in [2.45, 2.75) is 19.9 Å². The molecule has 2 aromatic carbocycles. The van der Waals surface area contributed by atoms with Crippen LogP contribution >= 0.6 is 38.9 Å². The molecule has 1 saturated heterocycles. The van der Waals surface area contributed by atoms with Crippen LogP contribution in [-0.2, 0) is 9.59 Å². The van der Waals surface area contributed by atoms with Crippen molar-refractivity contribution in [3.63, 3.8) is 0 Å². The monoisotopic (exact) mass is 592 g/mol. The first-order valence-electron chi connectivity index (χ1n) is 11.3. The number of nitrogens with zero attached hydrogens (tertiary/aromatic N) is 4. The van der Waals surface area contributed by atoms with Gasteiger partial charge < -0.3 is 9.51 Å². The number of thiazole rings is 1. The van der Waals surface area contributed by atoms with E-state index < -0.39 is 17.7 Å². The van der Waals surface area contributed by atoms with Crippen LogP contribution in [0.4, 0.5) is 5.13 Å². The van der Waals surface area contributed by atoms with Crippen molar-refractivity contribution >= 4 is 77.3 Å². The number of hydrogen-bond acceptors (Lipinski definition) is 6. The fourth-order valence-corrected chi connectivity index (χ4v) is 6.37. The number of carbonyl (C=O) groups is 2. The lowest BCUT2D eigenvalue weighted by Gasteiger charge is -2.23. The third-order valence-corrected chi connectivity index (χ3v) is 8.21. The molecule has 1 aliphatic heterocycles. The van der Waals surface area contributed by atoms with Gasteiger partial charge in [-0.05, 0) is 61.4 Å². The van der Waals surface area contributed by atoms with E-state index in [1.165, 1.54) is 16.2 Å². The molecule has 1 amide bonds. The molecule has 6 rings (SSSR count). The Bertz CT molecular complexity index is 1810. The van der Waals surface area contributed by atoms with Crippen LogP contribution in [0.5, 0.6) is 0 Å². The summed E-state index contributed by atoms with van der Waals surface area (Å²) in [5, 5.41) is 12.5. The van der Waals surface area contributed by atoms with Crippen molar-refractivity contribution in [2.24, 2.45) is 0 Å². The van der Waals surface area contributed by atoms with E-state index >= 15 is 0 Å². The van der Waals surface area contributed by atoms with Gasteiger partial charge in [0, 0.05) is 15.7 Å². The maximum atomic E-state index is 13.5. The molecular weight excluding hydrogens is 576 g/mol. The zero-order chi connectivity index (χ0) is 26.0. The maximum absolute atomic E-state index is 13.5. The number of hydrogen-bond donors (Lipinski definition) is 1. The second-order valence-corrected chi connectivity index (χ2v) is 11.1. The lowest BCUT2D eigenvalue weighted by molar-refractivity contribution is -0.132. The summed E-state index contributed by atoms with van der Waals surface area (Å²) in [7, 11) is 0. The summed E-state index contributed by atoms with van der Waals surface area (Å²) in [4.78, 5) is 37.7. The van der Waals surface area contributed by atoms with Gasteiger partial charge in [-0.2, -0.15) is 0 Å². The Hall–Kier alpha value is -3.53. The quantitative estimate of drug-likeness (QED) is 0.145. The average Bonchev–Trinajstić information content (AvgIpc) is 3.51. The molecule has 0 bridgehead atoms. The minimum atomic E-state index is -0.904. The van der Waals surface area contributed by atoms with Crippen LogP contribution in [0.3, 0.4) is 0 Å². The Labute approximate surface area is 228 Å². The number of fused-ring (bicyclic) bond motifs is 2. The molecule has 0 aliphatic carbocycles. The molecule has 37 heavy (non-hydrogen) atoms. The number of anilines is 1. The lowest BCUT2D eigenvalue weighted by atomic mass is 9.96. The first-order chi connectivity index (χ1) is 17.7. The molecule has 1 aliphatic rings. The van der Waals surface area contributed by atoms with Gasteiger partial charge in [0.05, 0.1) is 27.5 Å². The lowest BCUT2D eigenvalue weighted by Crippen LogP contribution is -2.29. The molecule has 10 heteroatoms. The molecule has 184 valence electrons. The first kappa shape index (κ1) is 23.8. The summed E-state index contributed by atoms with van der Waals surface area (Å²) in [6.45, 7) is 3.74. The number of halogens is 2. The van der Waals surface area contributed by atoms with Crippen LogP contribution in [0.1, 0.15) is 28.6 Å². The molecule has 0 spiro atoms. The molecular formula is C27H18BrClN4O3S. The van der Waals surface area contributed by atoms with Gasteiger partial charge in [0.1, 0.15) is 11.3 Å². The predicted octanol–water partition coefficient (Wildman–Crippen LogP) is 6.60. The fourth-order valence-electron chi connectivity index (χ4n) is 4.69. The van der Waals surface area contributed by atoms with Crippen LogP contribution in [0, 0.1) is 13.8 Å². The molecule has 7 nitrogen and oxygen atoms in total. The summed E-state index contributed by atoms with van der Waals surface area (Å²) in [5.41, 5.74) is 3.76. The molecule has 0 radical (unpaired) electrons. The van der Waals surface area contributed by atoms with Gasteiger partial charge in [-0.25, -0.2) is 9.97 Å². The average molecular weight is 594 g/mol. The minimum Gasteiger partial charge on any atom is -0.505 e. The Kier molecular flexibility index (Phi) is 5.67. The van der Waals surface area contributed by atoms with Gasteiger partial charge in [-0.1, -0.05) is 57.1 Å². The molecule has 0 saturated carbocycles. The van der Waals surface area contributed by atoms with Crippen molar-refractivity contribution in [1.29, 1.82) is 0 Å². The van der Waals surface area contributed by atoms with Crippen molar-refractivity contribution in [3.8, 4) is 0 Å². The number of carbonyl (C=O) groups excluding carboxylic acids is 2. The van der Waals surface area contributed by atoms with Gasteiger partial charge >= 0.3 is 5.91 Å². The van der Waals surface area contributed by atoms with Gasteiger partial charge in [0.2, 0.25) is 0 Å². The van der Waals surface area contributed by atoms with Crippen LogP contribution in [-0.4, -0.2) is 31.2 Å². The van der Waals surface area contributed by atoms with Crippen LogP contribution in [0.25, 0.3) is 21.6 Å². The Morgan fingerprint density at radius 3 is 2.65 bits per heavy atom. The summed E-state index contributed by atoms with van der Waals surface area (Å²) in [6.07, 6.45) is 1.85. The highest BCUT2D eigenvalue weighted by Crippen LogP contribution is 2.45. The summed E-state index contributed by atoms with van der Waals surface area (Å²) in [6, 6.07) is 15.5. The van der Waals surface area contributed by atoms with Crippen LogP contribution in [0.2, 0.25) is 5.02 Å². The standard InChI is InChI=1S/C27H18BrClN4O3S/c1-13-5-4-10-32-14(2)21(31-25(13)32)23(34)20-22(15-6-3-7-16(28)11-15)33(26(36)24(20)35)27-30-18-9-8-17(29)12-19(18)37-27/h3-12,22,34H,1-2H3/b23-20+. The topological polar surface area (TPSA) is 87.8 Å². The van der Waals surface area contributed by atoms with Gasteiger partial charge in [0.15, 0.2) is 10.9 Å². The number of amides is 1. The van der Waals surface area contributed by atoms with E-state index in [-0.39, 0.29) is 17.0 Å². The highest BCUT2D eigenvalue weighted by molar-refractivity contribution is 9.10. The molecule has 1 fully saturated rings. The first-order valence-corrected chi connectivity index (χ1v) is 13.3. The Morgan fingerprint density at radius 1 is 1.08 bits per heavy atom. The fraction of sp³-hybridized carbons (Fsp3) is 0.111. The number of rotatable bonds is 3. The van der Waals surface area contributed by atoms with E-state index in [9.17, 15) is 14.7 Å². The molecule has 1 unspecified atom stereocenters. The number of ketones is 1. The zero-order valence-corrected chi connectivity index (χ0v) is 22.7. The smallest absolute Gasteiger partial charge is 0.301 e. The van der Waals surface area contributed by atoms with Gasteiger partial charge in [-0.3, -0.25) is 14.5 Å². The Balaban J connectivity index is 1.61. The zero-order valence-electron chi connectivity index (χ0n) is 19.6. The molecule has 1 atom stereocenters. The highest BCUT2D eigenvalue weighted by atomic mass is 79.9. The number of aromatic nitrogens is 3. The minimum absolute atomic E-state index is 0.0375. The third-order valence-electron chi connectivity index (χ3n) is 6.46. The molecule has 1 N–H and O–H groups in total. The second kappa shape index (κ2) is 8.79. The van der Waals surface area contributed by atoms with E-state index in [2.05, 4.69) is 25.9 Å². The van der Waals surface area contributed by atoms with Gasteiger partial charge in [-0.15, -0.1) is 0 Å². The molecule has 3 aromatic heterocycles. The number of aliphatic hydroxyl groups excluding tert-OH is 1.